The summed E-state index contributed by atoms with van der Waals surface area (Å²) < 4.78 is 6.20. The van der Waals surface area contributed by atoms with Crippen LogP contribution < -0.4 is 5.32 Å². The Balaban J connectivity index is 1.88. The summed E-state index contributed by atoms with van der Waals surface area (Å²) in [5, 5.41) is 3.69. The third kappa shape index (κ3) is 3.43. The zero-order valence-corrected chi connectivity index (χ0v) is 11.8. The second-order valence-electron chi connectivity index (χ2n) is 6.40. The third-order valence-electron chi connectivity index (χ3n) is 3.91. The summed E-state index contributed by atoms with van der Waals surface area (Å²) >= 11 is 0. The molecule has 0 aromatic carbocycles. The molecule has 2 fully saturated rings. The van der Waals surface area contributed by atoms with Gasteiger partial charge in [-0.05, 0) is 26.2 Å². The quantitative estimate of drug-likeness (QED) is 0.801. The first-order valence-corrected chi connectivity index (χ1v) is 7.17. The molecule has 3 nitrogen and oxygen atoms in total. The number of nitrogens with one attached hydrogen (secondary N) is 1. The van der Waals surface area contributed by atoms with Gasteiger partial charge in [-0.1, -0.05) is 13.8 Å². The zero-order chi connectivity index (χ0) is 12.5. The van der Waals surface area contributed by atoms with Crippen molar-refractivity contribution in [1.82, 2.24) is 10.2 Å². The van der Waals surface area contributed by atoms with Crippen LogP contribution in [0.2, 0.25) is 0 Å². The average Bonchev–Trinajstić information content (AvgIpc) is 2.19. The van der Waals surface area contributed by atoms with Gasteiger partial charge in [0.2, 0.25) is 0 Å². The molecule has 3 heteroatoms. The Kier molecular flexibility index (Phi) is 4.11. The smallest absolute Gasteiger partial charge is 0.122 e. The topological polar surface area (TPSA) is 24.5 Å². The first kappa shape index (κ1) is 13.3. The largest absolute Gasteiger partial charge is 0.358 e. The monoisotopic (exact) mass is 240 g/mol. The van der Waals surface area contributed by atoms with E-state index in [0.717, 1.165) is 25.2 Å². The predicted molar refractivity (Wildman–Crippen MR) is 71.0 cm³/mol. The van der Waals surface area contributed by atoms with Crippen LogP contribution in [0.3, 0.4) is 0 Å². The Bertz CT molecular complexity index is 235. The van der Waals surface area contributed by atoms with Crippen LogP contribution in [0, 0.1) is 5.92 Å². The van der Waals surface area contributed by atoms with Crippen molar-refractivity contribution in [3.63, 3.8) is 0 Å². The molecule has 1 spiro atoms. The number of hydrogen-bond donors (Lipinski definition) is 1. The molecule has 100 valence electrons. The molecule has 0 radical (unpaired) electrons. The van der Waals surface area contributed by atoms with Crippen LogP contribution in [-0.2, 0) is 4.74 Å². The Hall–Kier alpha value is -0.120. The summed E-state index contributed by atoms with van der Waals surface area (Å²) in [7, 11) is 0. The highest BCUT2D eigenvalue weighted by Crippen LogP contribution is 2.30. The molecule has 2 aliphatic heterocycles. The normalized spacial score (nSPS) is 34.4. The fourth-order valence-electron chi connectivity index (χ4n) is 3.35. The second kappa shape index (κ2) is 5.25. The molecule has 2 atom stereocenters. The number of nitrogens with zero attached hydrogens (tertiary/aromatic N) is 1. The van der Waals surface area contributed by atoms with Crippen LogP contribution in [-0.4, -0.2) is 42.4 Å². The highest BCUT2D eigenvalue weighted by Gasteiger charge is 2.40. The Morgan fingerprint density at radius 3 is 2.47 bits per heavy atom. The van der Waals surface area contributed by atoms with Crippen LogP contribution >= 0.6 is 0 Å². The molecule has 2 aliphatic rings. The van der Waals surface area contributed by atoms with E-state index in [1.165, 1.54) is 19.6 Å². The SMILES string of the molecule is CC(C)CN1CCC2(CC1)NC(C)CC(C)O2. The van der Waals surface area contributed by atoms with E-state index in [4.69, 9.17) is 4.74 Å². The minimum Gasteiger partial charge on any atom is -0.358 e. The van der Waals surface area contributed by atoms with E-state index in [9.17, 15) is 0 Å². The van der Waals surface area contributed by atoms with Gasteiger partial charge < -0.3 is 9.64 Å². The van der Waals surface area contributed by atoms with Gasteiger partial charge in [0, 0.05) is 38.5 Å². The van der Waals surface area contributed by atoms with Crippen LogP contribution in [0.4, 0.5) is 0 Å². The molecular formula is C14H28N2O. The zero-order valence-electron chi connectivity index (χ0n) is 11.8. The summed E-state index contributed by atoms with van der Waals surface area (Å²) in [6.45, 7) is 12.6. The van der Waals surface area contributed by atoms with Crippen LogP contribution in [0.25, 0.3) is 0 Å². The van der Waals surface area contributed by atoms with Gasteiger partial charge in [0.1, 0.15) is 5.72 Å². The molecule has 0 saturated carbocycles. The van der Waals surface area contributed by atoms with Crippen LogP contribution in [0.15, 0.2) is 0 Å². The van der Waals surface area contributed by atoms with Crippen molar-refractivity contribution < 1.29 is 4.74 Å². The fourth-order valence-corrected chi connectivity index (χ4v) is 3.35. The molecule has 0 bridgehead atoms. The molecule has 0 aromatic heterocycles. The van der Waals surface area contributed by atoms with Crippen molar-refractivity contribution in [3.8, 4) is 0 Å². The lowest BCUT2D eigenvalue weighted by atomic mass is 9.94. The highest BCUT2D eigenvalue weighted by atomic mass is 16.5. The van der Waals surface area contributed by atoms with Crippen molar-refractivity contribution in [2.45, 2.75) is 64.8 Å². The molecular weight excluding hydrogens is 212 g/mol. The van der Waals surface area contributed by atoms with Gasteiger partial charge in [-0.15, -0.1) is 0 Å². The molecule has 0 amide bonds. The first-order valence-electron chi connectivity index (χ1n) is 7.17. The standard InChI is InChI=1S/C14H28N2O/c1-11(2)10-16-7-5-14(6-8-16)15-12(3)9-13(4)17-14/h11-13,15H,5-10H2,1-4H3. The van der Waals surface area contributed by atoms with Crippen molar-refractivity contribution >= 4 is 0 Å². The van der Waals surface area contributed by atoms with Gasteiger partial charge in [0.15, 0.2) is 0 Å². The van der Waals surface area contributed by atoms with Gasteiger partial charge in [0.05, 0.1) is 6.10 Å². The molecule has 2 heterocycles. The molecule has 2 rings (SSSR count). The minimum absolute atomic E-state index is 0.0233. The number of ether oxygens (including phenoxy) is 1. The van der Waals surface area contributed by atoms with Crippen LogP contribution in [0.5, 0.6) is 0 Å². The number of rotatable bonds is 2. The van der Waals surface area contributed by atoms with E-state index in [-0.39, 0.29) is 5.72 Å². The van der Waals surface area contributed by atoms with Crippen LogP contribution in [0.1, 0.15) is 47.0 Å². The average molecular weight is 240 g/mol. The van der Waals surface area contributed by atoms with Crippen molar-refractivity contribution in [1.29, 1.82) is 0 Å². The molecule has 2 saturated heterocycles. The lowest BCUT2D eigenvalue weighted by Gasteiger charge is -2.48. The van der Waals surface area contributed by atoms with Gasteiger partial charge in [-0.3, -0.25) is 5.32 Å². The summed E-state index contributed by atoms with van der Waals surface area (Å²) in [6, 6.07) is 0.593. The maximum atomic E-state index is 6.20. The molecule has 0 aromatic rings. The number of likely N-dealkylation sites (tertiary alicyclic amines) is 1. The maximum absolute atomic E-state index is 6.20. The predicted octanol–water partition coefficient (Wildman–Crippen LogP) is 2.22. The van der Waals surface area contributed by atoms with Crippen molar-refractivity contribution in [2.75, 3.05) is 19.6 Å². The minimum atomic E-state index is -0.0233. The summed E-state index contributed by atoms with van der Waals surface area (Å²) in [6.07, 6.45) is 3.81. The molecule has 1 N–H and O–H groups in total. The summed E-state index contributed by atoms with van der Waals surface area (Å²) in [4.78, 5) is 2.57. The molecule has 17 heavy (non-hydrogen) atoms. The Morgan fingerprint density at radius 1 is 1.29 bits per heavy atom. The van der Waals surface area contributed by atoms with Gasteiger partial charge in [0.25, 0.3) is 0 Å². The summed E-state index contributed by atoms with van der Waals surface area (Å²) in [5.41, 5.74) is -0.0233. The fraction of sp³-hybridized carbons (Fsp3) is 1.00. The number of piperidine rings is 1. The second-order valence-corrected chi connectivity index (χ2v) is 6.40. The Morgan fingerprint density at radius 2 is 1.94 bits per heavy atom. The van der Waals surface area contributed by atoms with E-state index in [1.54, 1.807) is 0 Å². The van der Waals surface area contributed by atoms with Crippen molar-refractivity contribution in [3.05, 3.63) is 0 Å². The van der Waals surface area contributed by atoms with E-state index in [1.807, 2.05) is 0 Å². The van der Waals surface area contributed by atoms with E-state index >= 15 is 0 Å². The van der Waals surface area contributed by atoms with E-state index in [2.05, 4.69) is 37.9 Å². The molecule has 2 unspecified atom stereocenters. The Labute approximate surface area is 106 Å². The van der Waals surface area contributed by atoms with Gasteiger partial charge in [-0.25, -0.2) is 0 Å². The lowest BCUT2D eigenvalue weighted by Crippen LogP contribution is -2.62. The number of hydrogen-bond acceptors (Lipinski definition) is 3. The molecule has 0 aliphatic carbocycles. The first-order chi connectivity index (χ1) is 7.99. The van der Waals surface area contributed by atoms with Gasteiger partial charge in [-0.2, -0.15) is 0 Å². The third-order valence-corrected chi connectivity index (χ3v) is 3.91. The summed E-state index contributed by atoms with van der Waals surface area (Å²) in [5.74, 6) is 0.766. The maximum Gasteiger partial charge on any atom is 0.122 e. The van der Waals surface area contributed by atoms with E-state index in [0.29, 0.717) is 12.1 Å². The lowest BCUT2D eigenvalue weighted by molar-refractivity contribution is -0.171. The van der Waals surface area contributed by atoms with Gasteiger partial charge >= 0.3 is 0 Å². The van der Waals surface area contributed by atoms with Crippen molar-refractivity contribution in [2.24, 2.45) is 5.92 Å². The van der Waals surface area contributed by atoms with E-state index < -0.39 is 0 Å². The highest BCUT2D eigenvalue weighted by molar-refractivity contribution is 4.91.